The number of fused-ring (bicyclic) bond motifs is 1. The zero-order chi connectivity index (χ0) is 11.4. The first-order valence-corrected chi connectivity index (χ1v) is 4.69. The Bertz CT molecular complexity index is 490. The summed E-state index contributed by atoms with van der Waals surface area (Å²) >= 11 is 4.08. The first kappa shape index (κ1) is 10.4. The zero-order valence-electron chi connectivity index (χ0n) is 7.81. The molecule has 15 heavy (non-hydrogen) atoms. The summed E-state index contributed by atoms with van der Waals surface area (Å²) in [6, 6.07) is 3.01. The summed E-state index contributed by atoms with van der Waals surface area (Å²) in [5.41, 5.74) is 0.713. The van der Waals surface area contributed by atoms with E-state index in [0.717, 1.165) is 0 Å². The summed E-state index contributed by atoms with van der Waals surface area (Å²) in [6.45, 7) is 1.72. The van der Waals surface area contributed by atoms with Crippen molar-refractivity contribution in [1.82, 2.24) is 0 Å². The van der Waals surface area contributed by atoms with Crippen molar-refractivity contribution in [2.24, 2.45) is 0 Å². The van der Waals surface area contributed by atoms with Crippen LogP contribution in [0.4, 0.5) is 0 Å². The third kappa shape index (κ3) is 1.17. The molecule has 0 aromatic heterocycles. The van der Waals surface area contributed by atoms with E-state index in [0.29, 0.717) is 10.5 Å². The number of aliphatic hydroxyl groups is 2. The quantitative estimate of drug-likeness (QED) is 0.337. The molecular weight excluding hydrogens is 216 g/mol. The molecule has 1 aromatic rings. The van der Waals surface area contributed by atoms with Crippen molar-refractivity contribution in [2.75, 3.05) is 0 Å². The van der Waals surface area contributed by atoms with Gasteiger partial charge in [-0.3, -0.25) is 9.59 Å². The Balaban J connectivity index is 2.80. The van der Waals surface area contributed by atoms with Gasteiger partial charge in [-0.05, 0) is 12.5 Å². The molecule has 2 rings (SSSR count). The van der Waals surface area contributed by atoms with Crippen molar-refractivity contribution < 1.29 is 19.8 Å². The van der Waals surface area contributed by atoms with Crippen LogP contribution < -0.4 is 0 Å². The van der Waals surface area contributed by atoms with E-state index >= 15 is 0 Å². The molecule has 0 unspecified atom stereocenters. The summed E-state index contributed by atoms with van der Waals surface area (Å²) in [6.07, 6.45) is 0. The van der Waals surface area contributed by atoms with Gasteiger partial charge in [0.25, 0.3) is 5.79 Å². The lowest BCUT2D eigenvalue weighted by atomic mass is 10.1. The lowest BCUT2D eigenvalue weighted by Crippen LogP contribution is -2.40. The zero-order valence-corrected chi connectivity index (χ0v) is 8.71. The minimum absolute atomic E-state index is 0.00617. The Labute approximate surface area is 91.0 Å². The molecule has 0 fully saturated rings. The van der Waals surface area contributed by atoms with Gasteiger partial charge in [0.1, 0.15) is 0 Å². The van der Waals surface area contributed by atoms with Crippen LogP contribution in [0, 0.1) is 6.92 Å². The van der Waals surface area contributed by atoms with Gasteiger partial charge in [-0.15, -0.1) is 12.6 Å². The van der Waals surface area contributed by atoms with Gasteiger partial charge >= 0.3 is 0 Å². The number of hydrogen-bond donors (Lipinski definition) is 3. The van der Waals surface area contributed by atoms with Crippen LogP contribution in [0.25, 0.3) is 0 Å². The van der Waals surface area contributed by atoms with Gasteiger partial charge < -0.3 is 10.2 Å². The first-order valence-electron chi connectivity index (χ1n) is 4.24. The van der Waals surface area contributed by atoms with E-state index in [1.165, 1.54) is 6.07 Å². The number of carbonyl (C=O) groups is 2. The molecule has 0 atom stereocenters. The topological polar surface area (TPSA) is 74.6 Å². The van der Waals surface area contributed by atoms with Gasteiger partial charge in [-0.25, -0.2) is 0 Å². The van der Waals surface area contributed by atoms with Gasteiger partial charge in [0, 0.05) is 16.0 Å². The molecule has 0 aliphatic heterocycles. The minimum atomic E-state index is -2.92. The average molecular weight is 224 g/mol. The second-order valence-electron chi connectivity index (χ2n) is 3.48. The molecule has 0 radical (unpaired) electrons. The fourth-order valence-corrected chi connectivity index (χ4v) is 1.88. The van der Waals surface area contributed by atoms with Crippen LogP contribution in [0.1, 0.15) is 26.3 Å². The smallest absolute Gasteiger partial charge is 0.295 e. The summed E-state index contributed by atoms with van der Waals surface area (Å²) in [4.78, 5) is 23.3. The van der Waals surface area contributed by atoms with E-state index in [-0.39, 0.29) is 11.1 Å². The first-order chi connectivity index (χ1) is 6.87. The van der Waals surface area contributed by atoms with E-state index in [2.05, 4.69) is 12.6 Å². The van der Waals surface area contributed by atoms with Gasteiger partial charge in [-0.1, -0.05) is 12.1 Å². The molecule has 0 spiro atoms. The van der Waals surface area contributed by atoms with Crippen LogP contribution in [-0.4, -0.2) is 27.6 Å². The maximum absolute atomic E-state index is 11.5. The Hall–Kier alpha value is -1.17. The maximum Gasteiger partial charge on any atom is 0.295 e. The molecule has 4 nitrogen and oxygen atoms in total. The van der Waals surface area contributed by atoms with Crippen LogP contribution in [0.15, 0.2) is 17.0 Å². The van der Waals surface area contributed by atoms with Crippen LogP contribution >= 0.6 is 12.6 Å². The van der Waals surface area contributed by atoms with E-state index in [9.17, 15) is 19.8 Å². The summed E-state index contributed by atoms with van der Waals surface area (Å²) in [5.74, 6) is -4.91. The number of aryl methyl sites for hydroxylation is 1. The second-order valence-corrected chi connectivity index (χ2v) is 3.93. The average Bonchev–Trinajstić information content (AvgIpc) is 2.35. The van der Waals surface area contributed by atoms with Gasteiger partial charge in [0.15, 0.2) is 0 Å². The highest BCUT2D eigenvalue weighted by Crippen LogP contribution is 2.34. The number of hydrogen-bond acceptors (Lipinski definition) is 5. The number of rotatable bonds is 0. The molecule has 0 saturated carbocycles. The molecule has 2 N–H and O–H groups in total. The summed E-state index contributed by atoms with van der Waals surface area (Å²) in [5, 5.41) is 18.6. The molecule has 78 valence electrons. The van der Waals surface area contributed by atoms with Crippen molar-refractivity contribution in [2.45, 2.75) is 17.6 Å². The molecule has 1 aliphatic carbocycles. The monoisotopic (exact) mass is 224 g/mol. The minimum Gasteiger partial charge on any atom is -0.353 e. The highest BCUT2D eigenvalue weighted by atomic mass is 32.1. The van der Waals surface area contributed by atoms with Crippen LogP contribution in [0.2, 0.25) is 0 Å². The molecule has 0 amide bonds. The maximum atomic E-state index is 11.5. The normalized spacial score (nSPS) is 18.1. The molecule has 5 heteroatoms. The van der Waals surface area contributed by atoms with E-state index in [1.807, 2.05) is 0 Å². The van der Waals surface area contributed by atoms with Gasteiger partial charge in [0.05, 0.1) is 0 Å². The largest absolute Gasteiger partial charge is 0.353 e. The molecule has 0 heterocycles. The predicted octanol–water partition coefficient (Wildman–Crippen LogP) is 0.344. The SMILES string of the molecule is Cc1ccc2c(c1S)C(=O)C(O)(O)C2=O. The Kier molecular flexibility index (Phi) is 2.01. The van der Waals surface area contributed by atoms with Gasteiger partial charge in [-0.2, -0.15) is 0 Å². The number of Topliss-reactive ketones (excluding diaryl/α,β-unsaturated/α-hetero) is 2. The third-order valence-corrected chi connectivity index (χ3v) is 3.06. The van der Waals surface area contributed by atoms with Gasteiger partial charge in [0.2, 0.25) is 11.6 Å². The Morgan fingerprint density at radius 3 is 2.40 bits per heavy atom. The van der Waals surface area contributed by atoms with Crippen LogP contribution in [0.5, 0.6) is 0 Å². The fourth-order valence-electron chi connectivity index (χ4n) is 1.58. The van der Waals surface area contributed by atoms with Crippen molar-refractivity contribution in [3.05, 3.63) is 28.8 Å². The molecule has 0 saturated heterocycles. The van der Waals surface area contributed by atoms with E-state index in [4.69, 9.17) is 0 Å². The second kappa shape index (κ2) is 2.91. The van der Waals surface area contributed by atoms with Crippen molar-refractivity contribution >= 4 is 24.2 Å². The van der Waals surface area contributed by atoms with Crippen molar-refractivity contribution in [1.29, 1.82) is 0 Å². The summed E-state index contributed by atoms with van der Waals surface area (Å²) in [7, 11) is 0. The lowest BCUT2D eigenvalue weighted by molar-refractivity contribution is -0.0858. The Morgan fingerprint density at radius 2 is 1.80 bits per heavy atom. The van der Waals surface area contributed by atoms with E-state index < -0.39 is 17.4 Å². The predicted molar refractivity (Wildman–Crippen MR) is 54.3 cm³/mol. The van der Waals surface area contributed by atoms with Crippen molar-refractivity contribution in [3.8, 4) is 0 Å². The molecular formula is C10H8O4S. The lowest BCUT2D eigenvalue weighted by Gasteiger charge is -2.09. The number of ketones is 2. The van der Waals surface area contributed by atoms with Crippen LogP contribution in [-0.2, 0) is 0 Å². The highest BCUT2D eigenvalue weighted by molar-refractivity contribution is 7.80. The van der Waals surface area contributed by atoms with E-state index in [1.54, 1.807) is 13.0 Å². The third-order valence-electron chi connectivity index (χ3n) is 2.48. The standard InChI is InChI=1S/C10H8O4S/c1-4-2-3-5-6(7(4)15)9(12)10(13,14)8(5)11/h2-3,13-15H,1H3. The number of benzene rings is 1. The Morgan fingerprint density at radius 1 is 1.20 bits per heavy atom. The summed E-state index contributed by atoms with van der Waals surface area (Å²) < 4.78 is 0. The number of carbonyl (C=O) groups excluding carboxylic acids is 2. The molecule has 1 aliphatic rings. The highest BCUT2D eigenvalue weighted by Gasteiger charge is 2.51. The van der Waals surface area contributed by atoms with Crippen molar-refractivity contribution in [3.63, 3.8) is 0 Å². The number of thiol groups is 1. The fraction of sp³-hybridized carbons (Fsp3) is 0.200. The molecule has 0 bridgehead atoms. The molecule has 1 aromatic carbocycles. The van der Waals surface area contributed by atoms with Crippen LogP contribution in [0.3, 0.4) is 0 Å².